The number of unbranched alkanes of at least 4 members (excludes halogenated alkanes) is 2. The fraction of sp³-hybridized carbons (Fsp3) is 0.522. The molecule has 1 aliphatic rings. The molecule has 1 N–H and O–H groups in total. The Morgan fingerprint density at radius 2 is 1.97 bits per heavy atom. The van der Waals surface area contributed by atoms with Crippen molar-refractivity contribution in [2.75, 3.05) is 19.7 Å². The number of aryl methyl sites for hydroxylation is 1. The van der Waals surface area contributed by atoms with Gasteiger partial charge in [0.15, 0.2) is 0 Å². The van der Waals surface area contributed by atoms with Gasteiger partial charge in [0.2, 0.25) is 11.8 Å². The summed E-state index contributed by atoms with van der Waals surface area (Å²) < 4.78 is 5.28. The molecule has 1 unspecified atom stereocenters. The molecule has 0 fully saturated rings. The molecule has 1 atom stereocenters. The van der Waals surface area contributed by atoms with Gasteiger partial charge in [0.25, 0.3) is 0 Å². The summed E-state index contributed by atoms with van der Waals surface area (Å²) in [5, 5.41) is 2.85. The van der Waals surface area contributed by atoms with Gasteiger partial charge in [-0.3, -0.25) is 9.59 Å². The van der Waals surface area contributed by atoms with Crippen LogP contribution in [0.1, 0.15) is 63.5 Å². The standard InChI is InChI=1S/C23H32N2O4/c1-5-7-8-12-24-20(26)15-25-17(4)22(23(28)29-6-2)19(14-21(25)27)18-11-9-10-16(3)13-18/h9-11,13,19H,5-8,12,14-15H2,1-4H3,(H,24,26). The Hall–Kier alpha value is -2.63. The summed E-state index contributed by atoms with van der Waals surface area (Å²) in [4.78, 5) is 39.3. The average molecular weight is 401 g/mol. The highest BCUT2D eigenvalue weighted by Crippen LogP contribution is 2.37. The van der Waals surface area contributed by atoms with Gasteiger partial charge in [-0.25, -0.2) is 4.79 Å². The Balaban J connectivity index is 2.29. The lowest BCUT2D eigenvalue weighted by Crippen LogP contribution is -2.44. The molecule has 0 aliphatic carbocycles. The number of carbonyl (C=O) groups excluding carboxylic acids is 3. The van der Waals surface area contributed by atoms with E-state index in [1.165, 1.54) is 4.90 Å². The van der Waals surface area contributed by atoms with E-state index in [9.17, 15) is 14.4 Å². The maximum atomic E-state index is 12.9. The van der Waals surface area contributed by atoms with E-state index >= 15 is 0 Å². The van der Waals surface area contributed by atoms with Crippen LogP contribution >= 0.6 is 0 Å². The highest BCUT2D eigenvalue weighted by molar-refractivity contribution is 5.97. The van der Waals surface area contributed by atoms with Gasteiger partial charge < -0.3 is 15.0 Å². The van der Waals surface area contributed by atoms with Crippen molar-refractivity contribution in [1.82, 2.24) is 10.2 Å². The Morgan fingerprint density at radius 1 is 1.21 bits per heavy atom. The second kappa shape index (κ2) is 10.8. The van der Waals surface area contributed by atoms with Gasteiger partial charge in [0, 0.05) is 24.6 Å². The molecule has 29 heavy (non-hydrogen) atoms. The first-order valence-corrected chi connectivity index (χ1v) is 10.4. The van der Waals surface area contributed by atoms with Crippen molar-refractivity contribution in [2.24, 2.45) is 0 Å². The maximum Gasteiger partial charge on any atom is 0.336 e. The van der Waals surface area contributed by atoms with E-state index in [1.54, 1.807) is 13.8 Å². The smallest absolute Gasteiger partial charge is 0.336 e. The van der Waals surface area contributed by atoms with Gasteiger partial charge in [0.1, 0.15) is 6.54 Å². The molecule has 6 heteroatoms. The second-order valence-electron chi connectivity index (χ2n) is 7.43. The minimum atomic E-state index is -0.433. The summed E-state index contributed by atoms with van der Waals surface area (Å²) in [6.07, 6.45) is 3.17. The molecule has 0 aromatic heterocycles. The third kappa shape index (κ3) is 5.92. The molecule has 0 spiro atoms. The van der Waals surface area contributed by atoms with Crippen molar-refractivity contribution in [3.8, 4) is 0 Å². The van der Waals surface area contributed by atoms with Crippen molar-refractivity contribution in [3.05, 3.63) is 46.7 Å². The molecule has 1 aliphatic heterocycles. The predicted octanol–water partition coefficient (Wildman–Crippen LogP) is 3.45. The van der Waals surface area contributed by atoms with Gasteiger partial charge >= 0.3 is 5.97 Å². The highest BCUT2D eigenvalue weighted by Gasteiger charge is 2.37. The molecule has 0 saturated heterocycles. The van der Waals surface area contributed by atoms with Crippen LogP contribution in [0.25, 0.3) is 0 Å². The quantitative estimate of drug-likeness (QED) is 0.509. The number of amides is 2. The largest absolute Gasteiger partial charge is 0.463 e. The summed E-state index contributed by atoms with van der Waals surface area (Å²) >= 11 is 0. The van der Waals surface area contributed by atoms with Crippen LogP contribution in [0.15, 0.2) is 35.5 Å². The maximum absolute atomic E-state index is 12.9. The monoisotopic (exact) mass is 400 g/mol. The zero-order valence-corrected chi connectivity index (χ0v) is 17.9. The van der Waals surface area contributed by atoms with E-state index < -0.39 is 5.97 Å². The molecule has 1 heterocycles. The molecule has 2 amide bonds. The number of ether oxygens (including phenoxy) is 1. The molecule has 0 saturated carbocycles. The molecule has 1 aromatic carbocycles. The fourth-order valence-corrected chi connectivity index (χ4v) is 3.65. The van der Waals surface area contributed by atoms with E-state index in [-0.39, 0.29) is 37.3 Å². The fourth-order valence-electron chi connectivity index (χ4n) is 3.65. The summed E-state index contributed by atoms with van der Waals surface area (Å²) in [7, 11) is 0. The van der Waals surface area contributed by atoms with Crippen LogP contribution in [0.4, 0.5) is 0 Å². The number of allylic oxidation sites excluding steroid dienone is 1. The normalized spacial score (nSPS) is 16.8. The first-order chi connectivity index (χ1) is 13.9. The first kappa shape index (κ1) is 22.7. The molecule has 0 bridgehead atoms. The first-order valence-electron chi connectivity index (χ1n) is 10.4. The molecule has 158 valence electrons. The highest BCUT2D eigenvalue weighted by atomic mass is 16.5. The topological polar surface area (TPSA) is 75.7 Å². The van der Waals surface area contributed by atoms with Crippen LogP contribution in [0, 0.1) is 6.92 Å². The number of rotatable bonds is 9. The SMILES string of the molecule is CCCCCNC(=O)CN1C(=O)CC(c2cccc(C)c2)C(C(=O)OCC)=C1C. The number of hydrogen-bond acceptors (Lipinski definition) is 4. The number of nitrogens with zero attached hydrogens (tertiary/aromatic N) is 1. The number of carbonyl (C=O) groups is 3. The van der Waals surface area contributed by atoms with Crippen LogP contribution < -0.4 is 5.32 Å². The van der Waals surface area contributed by atoms with Crippen LogP contribution in [-0.2, 0) is 19.1 Å². The minimum absolute atomic E-state index is 0.0831. The second-order valence-corrected chi connectivity index (χ2v) is 7.43. The Bertz CT molecular complexity index is 785. The third-order valence-electron chi connectivity index (χ3n) is 5.17. The summed E-state index contributed by atoms with van der Waals surface area (Å²) in [5.41, 5.74) is 2.92. The summed E-state index contributed by atoms with van der Waals surface area (Å²) in [6.45, 7) is 8.31. The van der Waals surface area contributed by atoms with Crippen molar-refractivity contribution >= 4 is 17.8 Å². The Kier molecular flexibility index (Phi) is 8.43. The van der Waals surface area contributed by atoms with Crippen molar-refractivity contribution in [3.63, 3.8) is 0 Å². The van der Waals surface area contributed by atoms with E-state index in [0.717, 1.165) is 30.4 Å². The zero-order chi connectivity index (χ0) is 21.4. The summed E-state index contributed by atoms with van der Waals surface area (Å²) in [5.74, 6) is -1.18. The third-order valence-corrected chi connectivity index (χ3v) is 5.17. The zero-order valence-electron chi connectivity index (χ0n) is 17.9. The number of nitrogens with one attached hydrogen (secondary N) is 1. The average Bonchev–Trinajstić information content (AvgIpc) is 2.68. The Morgan fingerprint density at radius 3 is 2.62 bits per heavy atom. The van der Waals surface area contributed by atoms with Crippen LogP contribution in [0.2, 0.25) is 0 Å². The van der Waals surface area contributed by atoms with Gasteiger partial charge in [0.05, 0.1) is 12.2 Å². The van der Waals surface area contributed by atoms with Crippen molar-refractivity contribution in [2.45, 2.75) is 59.3 Å². The lowest BCUT2D eigenvalue weighted by atomic mass is 9.83. The lowest BCUT2D eigenvalue weighted by Gasteiger charge is -2.34. The Labute approximate surface area is 173 Å². The summed E-state index contributed by atoms with van der Waals surface area (Å²) in [6, 6.07) is 7.81. The van der Waals surface area contributed by atoms with Gasteiger partial charge in [-0.15, -0.1) is 0 Å². The van der Waals surface area contributed by atoms with E-state index in [4.69, 9.17) is 4.74 Å². The molecule has 0 radical (unpaired) electrons. The predicted molar refractivity (Wildman–Crippen MR) is 112 cm³/mol. The lowest BCUT2D eigenvalue weighted by molar-refractivity contribution is -0.141. The molecule has 2 rings (SSSR count). The van der Waals surface area contributed by atoms with Gasteiger partial charge in [-0.05, 0) is 32.8 Å². The van der Waals surface area contributed by atoms with E-state index in [0.29, 0.717) is 17.8 Å². The molecule has 6 nitrogen and oxygen atoms in total. The number of esters is 1. The van der Waals surface area contributed by atoms with E-state index in [2.05, 4.69) is 12.2 Å². The van der Waals surface area contributed by atoms with Crippen LogP contribution in [0.3, 0.4) is 0 Å². The molecular formula is C23H32N2O4. The number of hydrogen-bond donors (Lipinski definition) is 1. The minimum Gasteiger partial charge on any atom is -0.463 e. The van der Waals surface area contributed by atoms with Crippen LogP contribution in [-0.4, -0.2) is 42.4 Å². The van der Waals surface area contributed by atoms with Crippen molar-refractivity contribution in [1.29, 1.82) is 0 Å². The van der Waals surface area contributed by atoms with Crippen LogP contribution in [0.5, 0.6) is 0 Å². The molecule has 1 aromatic rings. The van der Waals surface area contributed by atoms with Gasteiger partial charge in [-0.2, -0.15) is 0 Å². The van der Waals surface area contributed by atoms with Crippen molar-refractivity contribution < 1.29 is 19.1 Å². The van der Waals surface area contributed by atoms with Gasteiger partial charge in [-0.1, -0.05) is 49.6 Å². The molecular weight excluding hydrogens is 368 g/mol. The number of benzene rings is 1. The van der Waals surface area contributed by atoms with E-state index in [1.807, 2.05) is 31.2 Å².